The predicted molar refractivity (Wildman–Crippen MR) is 48.7 cm³/mol. The van der Waals surface area contributed by atoms with Gasteiger partial charge in [-0.1, -0.05) is 7.43 Å². The second-order valence-electron chi connectivity index (χ2n) is 2.18. The van der Waals surface area contributed by atoms with Crippen molar-refractivity contribution in [3.63, 3.8) is 0 Å². The van der Waals surface area contributed by atoms with Crippen molar-refractivity contribution in [1.82, 2.24) is 10.6 Å². The molecule has 5 heteroatoms. The van der Waals surface area contributed by atoms with Crippen LogP contribution in [0.4, 0.5) is 0 Å². The van der Waals surface area contributed by atoms with E-state index in [9.17, 15) is 4.79 Å². The third-order valence-electron chi connectivity index (χ3n) is 1.21. The fourth-order valence-corrected chi connectivity index (χ4v) is 0.525. The van der Waals surface area contributed by atoms with Gasteiger partial charge in [0.25, 0.3) is 0 Å². The molecule has 12 heavy (non-hydrogen) atoms. The van der Waals surface area contributed by atoms with Crippen LogP contribution >= 0.6 is 0 Å². The van der Waals surface area contributed by atoms with Gasteiger partial charge in [-0.15, -0.1) is 0 Å². The van der Waals surface area contributed by atoms with Crippen LogP contribution in [-0.2, 0) is 4.79 Å². The van der Waals surface area contributed by atoms with Crippen LogP contribution in [-0.4, -0.2) is 43.8 Å². The Labute approximate surface area is 73.3 Å². The molecule has 0 aliphatic heterocycles. The molecule has 5 N–H and O–H groups in total. The fourth-order valence-electron chi connectivity index (χ4n) is 0.525. The van der Waals surface area contributed by atoms with Gasteiger partial charge in [-0.2, -0.15) is 0 Å². The fraction of sp³-hybridized carbons (Fsp3) is 0.857. The standard InChI is InChI=1S/C6H15N3O2.CH4/c1-8-2-3-9-6(11)5(7)4-10;/h5,8,10H,2-4,7H2,1H3,(H,9,11);1H4/t5-;/m0./s1. The van der Waals surface area contributed by atoms with Gasteiger partial charge >= 0.3 is 0 Å². The lowest BCUT2D eigenvalue weighted by molar-refractivity contribution is -0.123. The lowest BCUT2D eigenvalue weighted by Crippen LogP contribution is -2.44. The first kappa shape index (κ1) is 13.9. The zero-order valence-corrected chi connectivity index (χ0v) is 6.63. The molecule has 1 amide bonds. The minimum Gasteiger partial charge on any atom is -0.394 e. The van der Waals surface area contributed by atoms with Gasteiger partial charge in [-0.05, 0) is 7.05 Å². The molecule has 0 aromatic carbocycles. The van der Waals surface area contributed by atoms with E-state index >= 15 is 0 Å². The summed E-state index contributed by atoms with van der Waals surface area (Å²) in [6.07, 6.45) is 0. The molecule has 0 saturated heterocycles. The van der Waals surface area contributed by atoms with E-state index in [0.29, 0.717) is 13.1 Å². The number of nitrogens with two attached hydrogens (primary N) is 1. The van der Waals surface area contributed by atoms with E-state index in [4.69, 9.17) is 10.8 Å². The summed E-state index contributed by atoms with van der Waals surface area (Å²) < 4.78 is 0. The maximum atomic E-state index is 10.8. The second-order valence-corrected chi connectivity index (χ2v) is 2.18. The summed E-state index contributed by atoms with van der Waals surface area (Å²) in [6, 6.07) is -0.799. The van der Waals surface area contributed by atoms with E-state index in [2.05, 4.69) is 10.6 Å². The summed E-state index contributed by atoms with van der Waals surface area (Å²) in [6.45, 7) is 0.915. The highest BCUT2D eigenvalue weighted by atomic mass is 16.3. The summed E-state index contributed by atoms with van der Waals surface area (Å²) in [4.78, 5) is 10.8. The smallest absolute Gasteiger partial charge is 0.239 e. The van der Waals surface area contributed by atoms with E-state index in [0.717, 1.165) is 0 Å². The minimum atomic E-state index is -0.799. The number of aliphatic hydroxyl groups is 1. The summed E-state index contributed by atoms with van der Waals surface area (Å²) in [7, 11) is 1.79. The van der Waals surface area contributed by atoms with Gasteiger partial charge in [0, 0.05) is 13.1 Å². The van der Waals surface area contributed by atoms with E-state index in [1.807, 2.05) is 0 Å². The van der Waals surface area contributed by atoms with Crippen LogP contribution < -0.4 is 16.4 Å². The van der Waals surface area contributed by atoms with Gasteiger partial charge in [-0.3, -0.25) is 4.79 Å². The molecule has 74 valence electrons. The first-order valence-corrected chi connectivity index (χ1v) is 3.51. The third kappa shape index (κ3) is 6.09. The summed E-state index contributed by atoms with van der Waals surface area (Å²) >= 11 is 0. The van der Waals surface area contributed by atoms with Gasteiger partial charge in [-0.25, -0.2) is 0 Å². The molecule has 1 atom stereocenters. The molecule has 0 rings (SSSR count). The van der Waals surface area contributed by atoms with Crippen LogP contribution in [0.25, 0.3) is 0 Å². The normalized spacial score (nSPS) is 11.6. The first-order valence-electron chi connectivity index (χ1n) is 3.51. The molecule has 5 nitrogen and oxygen atoms in total. The summed E-state index contributed by atoms with van der Waals surface area (Å²) in [5.41, 5.74) is 5.22. The SMILES string of the molecule is C.CNCCNC(=O)[C@@H](N)CO. The summed E-state index contributed by atoms with van der Waals surface area (Å²) in [5, 5.41) is 13.9. The van der Waals surface area contributed by atoms with Crippen LogP contribution in [0.3, 0.4) is 0 Å². The molecular weight excluding hydrogens is 158 g/mol. The molecule has 0 fully saturated rings. The Morgan fingerprint density at radius 2 is 2.17 bits per heavy atom. The number of carbonyl (C=O) groups excluding carboxylic acids is 1. The Bertz CT molecular complexity index is 119. The van der Waals surface area contributed by atoms with E-state index in [1.165, 1.54) is 0 Å². The monoisotopic (exact) mass is 177 g/mol. The number of aliphatic hydroxyl groups excluding tert-OH is 1. The minimum absolute atomic E-state index is 0. The molecule has 0 aliphatic rings. The predicted octanol–water partition coefficient (Wildman–Crippen LogP) is -1.72. The lowest BCUT2D eigenvalue weighted by Gasteiger charge is -2.08. The van der Waals surface area contributed by atoms with E-state index in [-0.39, 0.29) is 19.9 Å². The average molecular weight is 177 g/mol. The Kier molecular flexibility index (Phi) is 9.79. The van der Waals surface area contributed by atoms with Crippen LogP contribution in [0.15, 0.2) is 0 Å². The number of carbonyl (C=O) groups is 1. The molecule has 0 heterocycles. The second kappa shape index (κ2) is 8.45. The average Bonchev–Trinajstić information content (AvgIpc) is 2.03. The highest BCUT2D eigenvalue weighted by Gasteiger charge is 2.09. The lowest BCUT2D eigenvalue weighted by atomic mass is 10.3. The van der Waals surface area contributed by atoms with Gasteiger partial charge in [0.05, 0.1) is 6.61 Å². The van der Waals surface area contributed by atoms with Crippen LogP contribution in [0.1, 0.15) is 7.43 Å². The zero-order valence-electron chi connectivity index (χ0n) is 6.63. The van der Waals surface area contributed by atoms with Crippen molar-refractivity contribution >= 4 is 5.91 Å². The van der Waals surface area contributed by atoms with Crippen molar-refractivity contribution in [2.24, 2.45) is 5.73 Å². The van der Waals surface area contributed by atoms with Crippen molar-refractivity contribution in [2.45, 2.75) is 13.5 Å². The Morgan fingerprint density at radius 3 is 2.58 bits per heavy atom. The molecule has 0 aromatic heterocycles. The van der Waals surface area contributed by atoms with Crippen LogP contribution in [0, 0.1) is 0 Å². The van der Waals surface area contributed by atoms with Gasteiger partial charge in [0.2, 0.25) is 5.91 Å². The number of hydrogen-bond acceptors (Lipinski definition) is 4. The number of hydrogen-bond donors (Lipinski definition) is 4. The largest absolute Gasteiger partial charge is 0.394 e. The third-order valence-corrected chi connectivity index (χ3v) is 1.21. The Morgan fingerprint density at radius 1 is 1.58 bits per heavy atom. The number of rotatable bonds is 5. The molecule has 0 bridgehead atoms. The molecule has 0 radical (unpaired) electrons. The molecule has 0 aliphatic carbocycles. The quantitative estimate of drug-likeness (QED) is 0.376. The van der Waals surface area contributed by atoms with Crippen molar-refractivity contribution in [3.8, 4) is 0 Å². The van der Waals surface area contributed by atoms with Crippen molar-refractivity contribution in [1.29, 1.82) is 0 Å². The number of amides is 1. The maximum absolute atomic E-state index is 10.8. The zero-order chi connectivity index (χ0) is 8.69. The van der Waals surface area contributed by atoms with Crippen molar-refractivity contribution in [3.05, 3.63) is 0 Å². The Balaban J connectivity index is 0. The topological polar surface area (TPSA) is 87.4 Å². The Hall–Kier alpha value is -0.650. The number of nitrogens with one attached hydrogen (secondary N) is 2. The van der Waals surface area contributed by atoms with Crippen LogP contribution in [0.5, 0.6) is 0 Å². The molecule has 0 unspecified atom stereocenters. The molecule has 0 saturated carbocycles. The molecular formula is C7H19N3O2. The highest BCUT2D eigenvalue weighted by molar-refractivity contribution is 5.81. The van der Waals surface area contributed by atoms with Crippen molar-refractivity contribution in [2.75, 3.05) is 26.7 Å². The van der Waals surface area contributed by atoms with Gasteiger partial charge in [0.1, 0.15) is 6.04 Å². The summed E-state index contributed by atoms with van der Waals surface area (Å²) in [5.74, 6) is -0.317. The van der Waals surface area contributed by atoms with Gasteiger partial charge in [0.15, 0.2) is 0 Å². The van der Waals surface area contributed by atoms with Crippen molar-refractivity contribution < 1.29 is 9.90 Å². The van der Waals surface area contributed by atoms with E-state index in [1.54, 1.807) is 7.05 Å². The molecule has 0 spiro atoms. The highest BCUT2D eigenvalue weighted by Crippen LogP contribution is 1.74. The molecule has 0 aromatic rings. The first-order chi connectivity index (χ1) is 5.22. The number of likely N-dealkylation sites (N-methyl/N-ethyl adjacent to an activating group) is 1. The van der Waals surface area contributed by atoms with Gasteiger partial charge < -0.3 is 21.5 Å². The van der Waals surface area contributed by atoms with E-state index < -0.39 is 6.04 Å². The maximum Gasteiger partial charge on any atom is 0.239 e. The van der Waals surface area contributed by atoms with Crippen LogP contribution in [0.2, 0.25) is 0 Å².